The van der Waals surface area contributed by atoms with E-state index in [-0.39, 0.29) is 12.1 Å². The van der Waals surface area contributed by atoms with Gasteiger partial charge >= 0.3 is 12.1 Å². The quantitative estimate of drug-likeness (QED) is 0.712. The molecule has 5 nitrogen and oxygen atoms in total. The minimum atomic E-state index is -0.534. The highest BCUT2D eigenvalue weighted by Crippen LogP contribution is 2.22. The number of esters is 1. The number of nitrogens with zero attached hydrogens (tertiary/aromatic N) is 1. The maximum atomic E-state index is 12.0. The number of hydrogen-bond donors (Lipinski definition) is 0. The number of rotatable bonds is 2. The molecule has 0 radical (unpaired) electrons. The molecule has 0 saturated carbocycles. The second-order valence-corrected chi connectivity index (χ2v) is 5.82. The molecule has 104 valence electrons. The first-order valence-corrected chi connectivity index (χ1v) is 6.41. The molecule has 0 N–H and O–H groups in total. The van der Waals surface area contributed by atoms with Gasteiger partial charge in [-0.05, 0) is 47.5 Å². The third-order valence-electron chi connectivity index (χ3n) is 2.50. The van der Waals surface area contributed by atoms with E-state index in [0.29, 0.717) is 13.0 Å². The van der Waals surface area contributed by atoms with Gasteiger partial charge in [0, 0.05) is 6.54 Å². The van der Waals surface area contributed by atoms with E-state index in [2.05, 4.69) is 0 Å². The molecule has 0 aliphatic carbocycles. The standard InChI is InChI=1S/C13H23NO4/c1-9(2)17-12(16)14-8-6-7-10(14)11(15)18-13(3,4)5/h9-10H,6-8H2,1-5H3/t10-/m0/s1. The average Bonchev–Trinajstić information content (AvgIpc) is 2.61. The molecule has 5 heteroatoms. The van der Waals surface area contributed by atoms with Crippen LogP contribution in [0.5, 0.6) is 0 Å². The molecule has 0 aromatic heterocycles. The van der Waals surface area contributed by atoms with Gasteiger partial charge in [-0.1, -0.05) is 0 Å². The summed E-state index contributed by atoms with van der Waals surface area (Å²) in [5.74, 6) is -0.347. The Bertz CT molecular complexity index is 319. The molecule has 1 saturated heterocycles. The first kappa shape index (κ1) is 14.8. The van der Waals surface area contributed by atoms with Crippen LogP contribution < -0.4 is 0 Å². The van der Waals surface area contributed by atoms with Crippen LogP contribution in [0.3, 0.4) is 0 Å². The van der Waals surface area contributed by atoms with Crippen molar-refractivity contribution in [3.63, 3.8) is 0 Å². The zero-order valence-corrected chi connectivity index (χ0v) is 11.9. The van der Waals surface area contributed by atoms with Gasteiger partial charge in [0.05, 0.1) is 6.10 Å². The molecule has 0 spiro atoms. The molecule has 1 aliphatic heterocycles. The number of amides is 1. The van der Waals surface area contributed by atoms with Crippen molar-refractivity contribution in [3.8, 4) is 0 Å². The highest BCUT2D eigenvalue weighted by molar-refractivity contribution is 5.82. The largest absolute Gasteiger partial charge is 0.458 e. The van der Waals surface area contributed by atoms with Crippen LogP contribution in [0, 0.1) is 0 Å². The summed E-state index contributed by atoms with van der Waals surface area (Å²) in [7, 11) is 0. The van der Waals surface area contributed by atoms with Gasteiger partial charge < -0.3 is 9.47 Å². The lowest BCUT2D eigenvalue weighted by Gasteiger charge is -2.27. The summed E-state index contributed by atoms with van der Waals surface area (Å²) < 4.78 is 10.4. The fourth-order valence-electron chi connectivity index (χ4n) is 1.87. The second kappa shape index (κ2) is 5.59. The molecule has 1 amide bonds. The van der Waals surface area contributed by atoms with E-state index in [1.807, 2.05) is 20.8 Å². The molecular weight excluding hydrogens is 234 g/mol. The van der Waals surface area contributed by atoms with Crippen molar-refractivity contribution in [2.24, 2.45) is 0 Å². The number of ether oxygens (including phenoxy) is 2. The summed E-state index contributed by atoms with van der Waals surface area (Å²) in [5, 5.41) is 0. The topological polar surface area (TPSA) is 55.8 Å². The van der Waals surface area contributed by atoms with E-state index in [4.69, 9.17) is 9.47 Å². The van der Waals surface area contributed by atoms with Crippen molar-refractivity contribution in [1.29, 1.82) is 0 Å². The van der Waals surface area contributed by atoms with Gasteiger partial charge in [-0.15, -0.1) is 0 Å². The van der Waals surface area contributed by atoms with Gasteiger partial charge in [-0.25, -0.2) is 9.59 Å². The van der Waals surface area contributed by atoms with E-state index in [1.54, 1.807) is 13.8 Å². The Morgan fingerprint density at radius 2 is 1.89 bits per heavy atom. The van der Waals surface area contributed by atoms with Gasteiger partial charge in [0.25, 0.3) is 0 Å². The van der Waals surface area contributed by atoms with Crippen LogP contribution in [0.25, 0.3) is 0 Å². The van der Waals surface area contributed by atoms with Crippen molar-refractivity contribution in [3.05, 3.63) is 0 Å². The van der Waals surface area contributed by atoms with Crippen molar-refractivity contribution >= 4 is 12.1 Å². The van der Waals surface area contributed by atoms with Crippen LogP contribution in [0.1, 0.15) is 47.5 Å². The molecule has 1 rings (SSSR count). The van der Waals surface area contributed by atoms with Crippen LogP contribution in [0.15, 0.2) is 0 Å². The van der Waals surface area contributed by atoms with Gasteiger partial charge in [0.1, 0.15) is 11.6 Å². The third-order valence-corrected chi connectivity index (χ3v) is 2.50. The highest BCUT2D eigenvalue weighted by atomic mass is 16.6. The van der Waals surface area contributed by atoms with E-state index in [9.17, 15) is 9.59 Å². The zero-order chi connectivity index (χ0) is 13.9. The van der Waals surface area contributed by atoms with Crippen molar-refractivity contribution in [1.82, 2.24) is 4.90 Å². The number of likely N-dealkylation sites (tertiary alicyclic amines) is 1. The Morgan fingerprint density at radius 3 is 2.39 bits per heavy atom. The Balaban J connectivity index is 2.64. The van der Waals surface area contributed by atoms with Crippen LogP contribution in [-0.2, 0) is 14.3 Å². The molecule has 0 unspecified atom stereocenters. The predicted molar refractivity (Wildman–Crippen MR) is 67.2 cm³/mol. The minimum Gasteiger partial charge on any atom is -0.458 e. The predicted octanol–water partition coefficient (Wildman–Crippen LogP) is 2.34. The van der Waals surface area contributed by atoms with Crippen molar-refractivity contribution in [2.45, 2.75) is 65.2 Å². The first-order chi connectivity index (χ1) is 8.20. The monoisotopic (exact) mass is 257 g/mol. The lowest BCUT2D eigenvalue weighted by molar-refractivity contribution is -0.159. The van der Waals surface area contributed by atoms with Crippen LogP contribution in [-0.4, -0.2) is 41.3 Å². The maximum absolute atomic E-state index is 12.0. The molecule has 0 aromatic carbocycles. The molecule has 1 heterocycles. The van der Waals surface area contributed by atoms with Crippen LogP contribution in [0.4, 0.5) is 4.79 Å². The summed E-state index contributed by atoms with van der Waals surface area (Å²) in [6, 6.07) is -0.504. The summed E-state index contributed by atoms with van der Waals surface area (Å²) in [5.41, 5.74) is -0.534. The summed E-state index contributed by atoms with van der Waals surface area (Å²) in [6.45, 7) is 9.58. The van der Waals surface area contributed by atoms with Gasteiger partial charge in [0.2, 0.25) is 0 Å². The zero-order valence-electron chi connectivity index (χ0n) is 11.9. The van der Waals surface area contributed by atoms with Crippen LogP contribution in [0.2, 0.25) is 0 Å². The Kier molecular flexibility index (Phi) is 4.59. The van der Waals surface area contributed by atoms with Gasteiger partial charge in [0.15, 0.2) is 0 Å². The molecule has 1 aliphatic rings. The maximum Gasteiger partial charge on any atom is 0.410 e. The molecule has 0 bridgehead atoms. The first-order valence-electron chi connectivity index (χ1n) is 6.41. The van der Waals surface area contributed by atoms with E-state index < -0.39 is 17.7 Å². The minimum absolute atomic E-state index is 0.183. The van der Waals surface area contributed by atoms with E-state index in [1.165, 1.54) is 4.90 Å². The number of carbonyl (C=O) groups excluding carboxylic acids is 2. The Morgan fingerprint density at radius 1 is 1.28 bits per heavy atom. The number of carbonyl (C=O) groups is 2. The SMILES string of the molecule is CC(C)OC(=O)N1CCC[C@H]1C(=O)OC(C)(C)C. The fourth-order valence-corrected chi connectivity index (χ4v) is 1.87. The van der Waals surface area contributed by atoms with E-state index >= 15 is 0 Å². The molecule has 1 atom stereocenters. The molecule has 18 heavy (non-hydrogen) atoms. The van der Waals surface area contributed by atoms with Gasteiger partial charge in [-0.2, -0.15) is 0 Å². The van der Waals surface area contributed by atoms with Crippen molar-refractivity contribution < 1.29 is 19.1 Å². The Hall–Kier alpha value is -1.26. The Labute approximate surface area is 108 Å². The summed E-state index contributed by atoms with van der Waals surface area (Å²) in [4.78, 5) is 25.3. The molecule has 1 fully saturated rings. The van der Waals surface area contributed by atoms with Crippen molar-refractivity contribution in [2.75, 3.05) is 6.54 Å². The fraction of sp³-hybridized carbons (Fsp3) is 0.846. The summed E-state index contributed by atoms with van der Waals surface area (Å²) in [6.07, 6.45) is 0.829. The number of hydrogen-bond acceptors (Lipinski definition) is 4. The average molecular weight is 257 g/mol. The third kappa shape index (κ3) is 4.20. The second-order valence-electron chi connectivity index (χ2n) is 5.82. The van der Waals surface area contributed by atoms with E-state index in [0.717, 1.165) is 6.42 Å². The van der Waals surface area contributed by atoms with Crippen LogP contribution >= 0.6 is 0 Å². The highest BCUT2D eigenvalue weighted by Gasteiger charge is 2.37. The molecule has 0 aromatic rings. The normalized spacial score (nSPS) is 20.1. The van der Waals surface area contributed by atoms with Gasteiger partial charge in [-0.3, -0.25) is 4.90 Å². The lowest BCUT2D eigenvalue weighted by Crippen LogP contribution is -2.44. The lowest BCUT2D eigenvalue weighted by atomic mass is 10.1. The summed E-state index contributed by atoms with van der Waals surface area (Å²) >= 11 is 0. The molecular formula is C13H23NO4. The smallest absolute Gasteiger partial charge is 0.410 e.